The summed E-state index contributed by atoms with van der Waals surface area (Å²) in [4.78, 5) is 29.9. The first kappa shape index (κ1) is 22.8. The topological polar surface area (TPSA) is 82.9 Å². The summed E-state index contributed by atoms with van der Waals surface area (Å²) in [6, 6.07) is 7.95. The van der Waals surface area contributed by atoms with Crippen LogP contribution in [0, 0.1) is 41.5 Å². The van der Waals surface area contributed by atoms with Gasteiger partial charge in [-0.2, -0.15) is 0 Å². The summed E-state index contributed by atoms with van der Waals surface area (Å²) in [7, 11) is -1.60. The van der Waals surface area contributed by atoms with Crippen LogP contribution < -0.4 is 0 Å². The Balaban J connectivity index is 2.51. The minimum Gasteiger partial charge on any atom is -0.289 e. The summed E-state index contributed by atoms with van der Waals surface area (Å²) in [5.41, 5.74) is 15.5. The highest BCUT2D eigenvalue weighted by Crippen LogP contribution is 2.46. The molecule has 152 valence electrons. The first-order valence-electron chi connectivity index (χ1n) is 9.70. The maximum Gasteiger partial charge on any atom is 0.192 e. The third-order valence-corrected chi connectivity index (χ3v) is 7.17. The lowest BCUT2D eigenvalue weighted by molar-refractivity contribution is 0.105. The minimum absolute atomic E-state index is 0.0830. The standard InChI is InChI=1S/C23H28N3O2P/c1-14-10-16(3)20(17(4)11-14)22(27)29(9-7-8-25-26-24)23(28)21-18(5)12-15(2)13-19(21)6/h10-13H,7-9H2,1-6H3. The van der Waals surface area contributed by atoms with Crippen molar-refractivity contribution in [2.45, 2.75) is 48.0 Å². The Morgan fingerprint density at radius 2 is 1.21 bits per heavy atom. The molecule has 0 saturated carbocycles. The van der Waals surface area contributed by atoms with E-state index in [4.69, 9.17) is 5.53 Å². The lowest BCUT2D eigenvalue weighted by Crippen LogP contribution is -2.14. The fourth-order valence-electron chi connectivity index (χ4n) is 3.94. The van der Waals surface area contributed by atoms with Crippen molar-refractivity contribution in [3.63, 3.8) is 0 Å². The largest absolute Gasteiger partial charge is 0.289 e. The zero-order valence-electron chi connectivity index (χ0n) is 18.0. The van der Waals surface area contributed by atoms with E-state index < -0.39 is 7.92 Å². The zero-order chi connectivity index (χ0) is 21.7. The maximum absolute atomic E-state index is 13.6. The average Bonchev–Trinajstić information content (AvgIpc) is 2.59. The zero-order valence-corrected chi connectivity index (χ0v) is 18.9. The third-order valence-electron chi connectivity index (χ3n) is 4.98. The van der Waals surface area contributed by atoms with Gasteiger partial charge in [-0.25, -0.2) is 0 Å². The molecule has 0 aliphatic heterocycles. The van der Waals surface area contributed by atoms with E-state index in [0.29, 0.717) is 23.7 Å². The van der Waals surface area contributed by atoms with Crippen molar-refractivity contribution in [1.29, 1.82) is 0 Å². The second-order valence-electron chi connectivity index (χ2n) is 7.62. The average molecular weight is 409 g/mol. The predicted octanol–water partition coefficient (Wildman–Crippen LogP) is 6.70. The lowest BCUT2D eigenvalue weighted by Gasteiger charge is -2.20. The molecule has 0 atom stereocenters. The van der Waals surface area contributed by atoms with E-state index in [1.165, 1.54) is 0 Å². The summed E-state index contributed by atoms with van der Waals surface area (Å²) in [6.07, 6.45) is 0.937. The van der Waals surface area contributed by atoms with E-state index in [0.717, 1.165) is 33.4 Å². The molecule has 5 nitrogen and oxygen atoms in total. The van der Waals surface area contributed by atoms with E-state index in [1.807, 2.05) is 65.8 Å². The second kappa shape index (κ2) is 9.82. The van der Waals surface area contributed by atoms with E-state index >= 15 is 0 Å². The van der Waals surface area contributed by atoms with Crippen molar-refractivity contribution in [2.75, 3.05) is 12.7 Å². The molecule has 0 radical (unpaired) electrons. The smallest absolute Gasteiger partial charge is 0.192 e. The Labute approximate surface area is 173 Å². The van der Waals surface area contributed by atoms with Crippen molar-refractivity contribution in [1.82, 2.24) is 0 Å². The van der Waals surface area contributed by atoms with Crippen molar-refractivity contribution >= 4 is 19.0 Å². The number of hydrogen-bond acceptors (Lipinski definition) is 3. The van der Waals surface area contributed by atoms with Crippen molar-refractivity contribution in [3.8, 4) is 0 Å². The molecule has 29 heavy (non-hydrogen) atoms. The van der Waals surface area contributed by atoms with Gasteiger partial charge >= 0.3 is 0 Å². The molecule has 2 rings (SSSR count). The molecule has 0 saturated heterocycles. The number of carbonyl (C=O) groups excluding carboxylic acids is 2. The molecule has 0 bridgehead atoms. The van der Waals surface area contributed by atoms with E-state index in [2.05, 4.69) is 10.0 Å². The monoisotopic (exact) mass is 409 g/mol. The molecule has 0 spiro atoms. The Morgan fingerprint density at radius 3 is 1.55 bits per heavy atom. The van der Waals surface area contributed by atoms with Crippen LogP contribution >= 0.6 is 7.92 Å². The summed E-state index contributed by atoms with van der Waals surface area (Å²) in [6.45, 7) is 12.0. The van der Waals surface area contributed by atoms with Gasteiger partial charge in [-0.1, -0.05) is 40.5 Å². The van der Waals surface area contributed by atoms with E-state index in [1.54, 1.807) is 0 Å². The van der Waals surface area contributed by atoms with Crippen molar-refractivity contribution in [2.24, 2.45) is 5.11 Å². The van der Waals surface area contributed by atoms with Crippen LogP contribution in [0.4, 0.5) is 0 Å². The van der Waals surface area contributed by atoms with Crippen LogP contribution in [-0.2, 0) is 0 Å². The molecular weight excluding hydrogens is 381 g/mol. The SMILES string of the molecule is Cc1cc(C)c(C(=O)P(CCCN=[N+]=[N-])C(=O)c2c(C)cc(C)cc2C)c(C)c1. The molecule has 0 aliphatic carbocycles. The van der Waals surface area contributed by atoms with Crippen molar-refractivity contribution in [3.05, 3.63) is 79.2 Å². The van der Waals surface area contributed by atoms with Crippen LogP contribution in [0.25, 0.3) is 10.4 Å². The Hall–Kier alpha value is -2.48. The van der Waals surface area contributed by atoms with Gasteiger partial charge < -0.3 is 0 Å². The van der Waals surface area contributed by atoms with Gasteiger partial charge in [0, 0.05) is 30.5 Å². The summed E-state index contributed by atoms with van der Waals surface area (Å²) in [5, 5.41) is 3.57. The van der Waals surface area contributed by atoms with Crippen LogP contribution in [0.15, 0.2) is 29.4 Å². The third kappa shape index (κ3) is 5.32. The molecule has 2 aromatic rings. The first-order chi connectivity index (χ1) is 13.7. The van der Waals surface area contributed by atoms with Gasteiger partial charge in [-0.3, -0.25) is 9.59 Å². The van der Waals surface area contributed by atoms with E-state index in [9.17, 15) is 9.59 Å². The predicted molar refractivity (Wildman–Crippen MR) is 120 cm³/mol. The van der Waals surface area contributed by atoms with Gasteiger partial charge in [0.25, 0.3) is 0 Å². The number of hydrogen-bond donors (Lipinski definition) is 0. The Kier molecular flexibility index (Phi) is 7.73. The fourth-order valence-corrected chi connectivity index (χ4v) is 6.24. The lowest BCUT2D eigenvalue weighted by atomic mass is 10.0. The van der Waals surface area contributed by atoms with Gasteiger partial charge in [0.2, 0.25) is 0 Å². The highest BCUT2D eigenvalue weighted by molar-refractivity contribution is 7.90. The molecule has 0 heterocycles. The molecule has 6 heteroatoms. The highest BCUT2D eigenvalue weighted by atomic mass is 31.1. The van der Waals surface area contributed by atoms with Crippen LogP contribution in [0.2, 0.25) is 0 Å². The molecule has 0 unspecified atom stereocenters. The van der Waals surface area contributed by atoms with Crippen molar-refractivity contribution < 1.29 is 9.59 Å². The van der Waals surface area contributed by atoms with Gasteiger partial charge in [0.05, 0.1) is 0 Å². The van der Waals surface area contributed by atoms with Gasteiger partial charge in [0.15, 0.2) is 11.0 Å². The molecular formula is C23H28N3O2P. The summed E-state index contributed by atoms with van der Waals surface area (Å²) >= 11 is 0. The molecule has 0 amide bonds. The van der Waals surface area contributed by atoms with Crippen LogP contribution in [0.3, 0.4) is 0 Å². The van der Waals surface area contributed by atoms with E-state index in [-0.39, 0.29) is 17.6 Å². The quantitative estimate of drug-likeness (QED) is 0.160. The molecule has 2 aromatic carbocycles. The molecule has 0 fully saturated rings. The Bertz CT molecular complexity index is 892. The number of nitrogens with zero attached hydrogens (tertiary/aromatic N) is 3. The molecule has 0 aromatic heterocycles. The normalized spacial score (nSPS) is 10.7. The van der Waals surface area contributed by atoms with Crippen LogP contribution in [0.5, 0.6) is 0 Å². The van der Waals surface area contributed by atoms with Gasteiger partial charge in [0.1, 0.15) is 0 Å². The number of carbonyl (C=O) groups is 2. The summed E-state index contributed by atoms with van der Waals surface area (Å²) in [5.74, 6) is 0. The number of benzene rings is 2. The molecule has 0 N–H and O–H groups in total. The fraction of sp³-hybridized carbons (Fsp3) is 0.391. The number of rotatable bonds is 8. The summed E-state index contributed by atoms with van der Waals surface area (Å²) < 4.78 is 0. The molecule has 0 aliphatic rings. The van der Waals surface area contributed by atoms with Crippen LogP contribution in [0.1, 0.15) is 60.5 Å². The minimum atomic E-state index is -1.60. The van der Waals surface area contributed by atoms with Gasteiger partial charge in [-0.15, -0.1) is 0 Å². The first-order valence-corrected chi connectivity index (χ1v) is 11.2. The number of azide groups is 1. The maximum atomic E-state index is 13.6. The Morgan fingerprint density at radius 1 is 0.828 bits per heavy atom. The second-order valence-corrected chi connectivity index (χ2v) is 9.73. The number of aryl methyl sites for hydroxylation is 6. The van der Waals surface area contributed by atoms with Gasteiger partial charge in [-0.05, 0) is 81.9 Å². The highest BCUT2D eigenvalue weighted by Gasteiger charge is 2.31. The van der Waals surface area contributed by atoms with Crippen LogP contribution in [-0.4, -0.2) is 23.8 Å².